The van der Waals surface area contributed by atoms with E-state index in [0.717, 1.165) is 31.6 Å². The third-order valence-electron chi connectivity index (χ3n) is 7.96. The van der Waals surface area contributed by atoms with Crippen LogP contribution in [0.2, 0.25) is 0 Å². The lowest BCUT2D eigenvalue weighted by atomic mass is 9.93. The first kappa shape index (κ1) is 39.9. The van der Waals surface area contributed by atoms with E-state index >= 15 is 0 Å². The highest BCUT2D eigenvalue weighted by atomic mass is 16.5. The average molecular weight is 577 g/mol. The van der Waals surface area contributed by atoms with Crippen LogP contribution < -0.4 is 0 Å². The van der Waals surface area contributed by atoms with Crippen LogP contribution in [0.1, 0.15) is 140 Å². The molecule has 0 saturated carbocycles. The van der Waals surface area contributed by atoms with Gasteiger partial charge in [0.25, 0.3) is 0 Å². The first-order valence-electron chi connectivity index (χ1n) is 16.7. The van der Waals surface area contributed by atoms with Crippen LogP contribution in [0.15, 0.2) is 94.7 Å². The molecule has 42 heavy (non-hydrogen) atoms. The Morgan fingerprint density at radius 3 is 1.98 bits per heavy atom. The second kappa shape index (κ2) is 24.3. The van der Waals surface area contributed by atoms with Crippen molar-refractivity contribution in [1.82, 2.24) is 0 Å². The minimum Gasteiger partial charge on any atom is -0.378 e. The smallest absolute Gasteiger partial charge is 0.0657 e. The maximum atomic E-state index is 5.50. The summed E-state index contributed by atoms with van der Waals surface area (Å²) in [5, 5.41) is 0. The molecule has 0 amide bonds. The standard InChI is InChI=1S/C41H68O/c1-34(2)20-14-23-37(5)26-17-29-38(6)27-15-24-35(3)21-12-13-22-36(4)25-16-28-39(7)30-18-31-40(8)32-19-33-41(9,10)42-11/h12-13,15,19-22,24,26-27,32,39-40H,14,16-18,23,25,28-31,33H2,1-11H3/b13-12+,24-15-,32-19+,35-21-,36-22+,37-26-,38-27-. The van der Waals surface area contributed by atoms with Gasteiger partial charge in [-0.05, 0) is 119 Å². The maximum Gasteiger partial charge on any atom is 0.0657 e. The molecule has 2 atom stereocenters. The van der Waals surface area contributed by atoms with Gasteiger partial charge in [0, 0.05) is 7.11 Å². The third kappa shape index (κ3) is 25.6. The van der Waals surface area contributed by atoms with Crippen LogP contribution in [0.3, 0.4) is 0 Å². The van der Waals surface area contributed by atoms with Crippen LogP contribution in [0.5, 0.6) is 0 Å². The fraction of sp³-hybridized carbons (Fsp3) is 0.610. The molecule has 0 fully saturated rings. The fourth-order valence-electron chi connectivity index (χ4n) is 4.68. The molecule has 0 aliphatic rings. The van der Waals surface area contributed by atoms with E-state index in [1.165, 1.54) is 72.8 Å². The molecule has 0 aromatic carbocycles. The van der Waals surface area contributed by atoms with Crippen molar-refractivity contribution in [2.45, 2.75) is 145 Å². The molecule has 0 radical (unpaired) electrons. The van der Waals surface area contributed by atoms with Gasteiger partial charge in [-0.3, -0.25) is 0 Å². The van der Waals surface area contributed by atoms with Crippen molar-refractivity contribution in [1.29, 1.82) is 0 Å². The average Bonchev–Trinajstić information content (AvgIpc) is 2.91. The van der Waals surface area contributed by atoms with Crippen LogP contribution in [0.25, 0.3) is 0 Å². The molecule has 0 aliphatic heterocycles. The number of hydrogen-bond donors (Lipinski definition) is 0. The monoisotopic (exact) mass is 577 g/mol. The molecule has 0 N–H and O–H groups in total. The van der Waals surface area contributed by atoms with Crippen LogP contribution >= 0.6 is 0 Å². The molecule has 0 spiro atoms. The van der Waals surface area contributed by atoms with Gasteiger partial charge in [-0.15, -0.1) is 0 Å². The lowest BCUT2D eigenvalue weighted by molar-refractivity contribution is 0.0254. The second-order valence-electron chi connectivity index (χ2n) is 13.6. The molecular weight excluding hydrogens is 508 g/mol. The number of allylic oxidation sites excluding steroid dienone is 15. The van der Waals surface area contributed by atoms with E-state index in [2.05, 4.69) is 136 Å². The Balaban J connectivity index is 4.25. The Kier molecular flexibility index (Phi) is 23.1. The lowest BCUT2D eigenvalue weighted by Gasteiger charge is -2.20. The van der Waals surface area contributed by atoms with Gasteiger partial charge in [0.15, 0.2) is 0 Å². The Hall–Kier alpha value is -2.12. The number of rotatable bonds is 22. The summed E-state index contributed by atoms with van der Waals surface area (Å²) in [6.45, 7) is 22.3. The van der Waals surface area contributed by atoms with Crippen LogP contribution in [0, 0.1) is 11.8 Å². The third-order valence-corrected chi connectivity index (χ3v) is 7.96. The number of hydrogen-bond acceptors (Lipinski definition) is 1. The van der Waals surface area contributed by atoms with E-state index in [0.29, 0.717) is 5.92 Å². The lowest BCUT2D eigenvalue weighted by Crippen LogP contribution is -2.20. The number of ether oxygens (including phenoxy) is 1. The summed E-state index contributed by atoms with van der Waals surface area (Å²) < 4.78 is 5.50. The summed E-state index contributed by atoms with van der Waals surface area (Å²) in [6.07, 6.45) is 38.2. The van der Waals surface area contributed by atoms with Gasteiger partial charge in [-0.25, -0.2) is 0 Å². The van der Waals surface area contributed by atoms with Crippen molar-refractivity contribution in [3.8, 4) is 0 Å². The van der Waals surface area contributed by atoms with Gasteiger partial charge < -0.3 is 4.74 Å². The van der Waals surface area contributed by atoms with Crippen molar-refractivity contribution >= 4 is 0 Å². The summed E-state index contributed by atoms with van der Waals surface area (Å²) in [6, 6.07) is 0. The molecule has 0 aromatic rings. The van der Waals surface area contributed by atoms with Crippen LogP contribution in [-0.4, -0.2) is 12.7 Å². The molecule has 0 rings (SSSR count). The van der Waals surface area contributed by atoms with E-state index in [1.54, 1.807) is 7.11 Å². The molecule has 0 bridgehead atoms. The fourth-order valence-corrected chi connectivity index (χ4v) is 4.68. The molecular formula is C41H68O. The minimum absolute atomic E-state index is 0.0561. The van der Waals surface area contributed by atoms with Crippen LogP contribution in [0.4, 0.5) is 0 Å². The normalized spacial score (nSPS) is 15.8. The number of methoxy groups -OCH3 is 1. The van der Waals surface area contributed by atoms with E-state index in [9.17, 15) is 0 Å². The van der Waals surface area contributed by atoms with Gasteiger partial charge >= 0.3 is 0 Å². The summed E-state index contributed by atoms with van der Waals surface area (Å²) in [5.74, 6) is 1.46. The summed E-state index contributed by atoms with van der Waals surface area (Å²) in [4.78, 5) is 0. The zero-order valence-electron chi connectivity index (χ0n) is 29.7. The second-order valence-corrected chi connectivity index (χ2v) is 13.6. The highest BCUT2D eigenvalue weighted by Gasteiger charge is 2.13. The quantitative estimate of drug-likeness (QED) is 0.0920. The Labute approximate surface area is 263 Å². The Morgan fingerprint density at radius 1 is 0.690 bits per heavy atom. The highest BCUT2D eigenvalue weighted by molar-refractivity contribution is 5.27. The van der Waals surface area contributed by atoms with Crippen LogP contribution in [-0.2, 0) is 4.74 Å². The van der Waals surface area contributed by atoms with Crippen molar-refractivity contribution < 1.29 is 4.74 Å². The highest BCUT2D eigenvalue weighted by Crippen LogP contribution is 2.21. The zero-order chi connectivity index (χ0) is 31.8. The van der Waals surface area contributed by atoms with E-state index in [-0.39, 0.29) is 5.60 Å². The summed E-state index contributed by atoms with van der Waals surface area (Å²) in [7, 11) is 1.79. The van der Waals surface area contributed by atoms with Gasteiger partial charge in [-0.2, -0.15) is 0 Å². The van der Waals surface area contributed by atoms with E-state index < -0.39 is 0 Å². The van der Waals surface area contributed by atoms with E-state index in [1.807, 2.05) is 0 Å². The van der Waals surface area contributed by atoms with Crippen molar-refractivity contribution in [3.63, 3.8) is 0 Å². The predicted molar refractivity (Wildman–Crippen MR) is 192 cm³/mol. The summed E-state index contributed by atoms with van der Waals surface area (Å²) >= 11 is 0. The van der Waals surface area contributed by atoms with E-state index in [4.69, 9.17) is 4.74 Å². The zero-order valence-corrected chi connectivity index (χ0v) is 29.7. The first-order chi connectivity index (χ1) is 19.8. The molecule has 1 heteroatoms. The van der Waals surface area contributed by atoms with Gasteiger partial charge in [-0.1, -0.05) is 128 Å². The SMILES string of the molecule is COC(C)(C)C/C=C/C(C)CCCC(C)CCC/C(C)=C/C=C/C=C(C)\C=C/C=C(/C)CC/C=C(/C)CCC=C(C)C. The molecule has 0 aliphatic carbocycles. The molecule has 238 valence electrons. The Bertz CT molecular complexity index is 953. The summed E-state index contributed by atoms with van der Waals surface area (Å²) in [5.41, 5.74) is 7.03. The molecule has 2 unspecified atom stereocenters. The van der Waals surface area contributed by atoms with Crippen molar-refractivity contribution in [3.05, 3.63) is 94.7 Å². The Morgan fingerprint density at radius 2 is 1.29 bits per heavy atom. The molecule has 0 aromatic heterocycles. The molecule has 0 saturated heterocycles. The first-order valence-corrected chi connectivity index (χ1v) is 16.7. The predicted octanol–water partition coefficient (Wildman–Crippen LogP) is 13.4. The molecule has 0 heterocycles. The van der Waals surface area contributed by atoms with Crippen molar-refractivity contribution in [2.24, 2.45) is 11.8 Å². The van der Waals surface area contributed by atoms with Gasteiger partial charge in [0.2, 0.25) is 0 Å². The van der Waals surface area contributed by atoms with Gasteiger partial charge in [0.05, 0.1) is 5.60 Å². The molecule has 1 nitrogen and oxygen atoms in total. The minimum atomic E-state index is -0.0561. The largest absolute Gasteiger partial charge is 0.378 e. The van der Waals surface area contributed by atoms with Gasteiger partial charge in [0.1, 0.15) is 0 Å². The topological polar surface area (TPSA) is 9.23 Å². The van der Waals surface area contributed by atoms with Crippen molar-refractivity contribution in [2.75, 3.05) is 7.11 Å². The maximum absolute atomic E-state index is 5.50.